The van der Waals surface area contributed by atoms with Gasteiger partial charge in [-0.15, -0.1) is 11.3 Å². The number of nitrogens with one attached hydrogen (secondary N) is 1. The number of carbonyl (C=O) groups is 3. The molecule has 0 saturated carbocycles. The van der Waals surface area contributed by atoms with Crippen molar-refractivity contribution in [2.45, 2.75) is 44.6 Å². The summed E-state index contributed by atoms with van der Waals surface area (Å²) in [4.78, 5) is 46.8. The van der Waals surface area contributed by atoms with Gasteiger partial charge in [0.1, 0.15) is 12.1 Å². The van der Waals surface area contributed by atoms with Gasteiger partial charge in [-0.05, 0) is 43.9 Å². The summed E-state index contributed by atoms with van der Waals surface area (Å²) in [5.74, 6) is -0.226. The second-order valence-corrected chi connectivity index (χ2v) is 10.2. The molecule has 176 valence electrons. The van der Waals surface area contributed by atoms with Crippen molar-refractivity contribution >= 4 is 39.4 Å². The fourth-order valence-corrected chi connectivity index (χ4v) is 6.06. The van der Waals surface area contributed by atoms with E-state index in [-0.39, 0.29) is 18.4 Å². The van der Waals surface area contributed by atoms with Crippen LogP contribution in [0.1, 0.15) is 48.2 Å². The molecule has 3 aromatic rings. The smallest absolute Gasteiger partial charge is 0.325 e. The van der Waals surface area contributed by atoms with Gasteiger partial charge < -0.3 is 10.2 Å². The first-order valence-electron chi connectivity index (χ1n) is 11.8. The van der Waals surface area contributed by atoms with Crippen LogP contribution in [0.15, 0.2) is 48.5 Å². The van der Waals surface area contributed by atoms with E-state index in [9.17, 15) is 14.4 Å². The minimum Gasteiger partial charge on any atom is -0.341 e. The first-order chi connectivity index (χ1) is 16.4. The van der Waals surface area contributed by atoms with Crippen LogP contribution in [0.4, 0.5) is 4.79 Å². The zero-order valence-electron chi connectivity index (χ0n) is 19.4. The van der Waals surface area contributed by atoms with Gasteiger partial charge >= 0.3 is 6.03 Å². The van der Waals surface area contributed by atoms with Crippen LogP contribution in [-0.4, -0.2) is 52.3 Å². The maximum Gasteiger partial charge on any atom is 0.325 e. The number of para-hydroxylation sites is 1. The molecule has 1 atom stereocenters. The second kappa shape index (κ2) is 8.83. The quantitative estimate of drug-likeness (QED) is 0.561. The summed E-state index contributed by atoms with van der Waals surface area (Å²) in [6.45, 7) is 4.81. The van der Waals surface area contributed by atoms with E-state index < -0.39 is 11.6 Å². The molecular formula is C26H28N4O3S. The Hall–Kier alpha value is -3.26. The van der Waals surface area contributed by atoms with Gasteiger partial charge in [0.2, 0.25) is 5.91 Å². The van der Waals surface area contributed by atoms with Gasteiger partial charge in [0.15, 0.2) is 0 Å². The number of hydrogen-bond donors (Lipinski definition) is 1. The van der Waals surface area contributed by atoms with Crippen molar-refractivity contribution in [2.24, 2.45) is 0 Å². The lowest BCUT2D eigenvalue weighted by Gasteiger charge is -2.32. The van der Waals surface area contributed by atoms with E-state index in [1.807, 2.05) is 56.3 Å². The van der Waals surface area contributed by atoms with E-state index >= 15 is 0 Å². The number of amides is 4. The largest absolute Gasteiger partial charge is 0.341 e. The summed E-state index contributed by atoms with van der Waals surface area (Å²) >= 11 is 1.72. The van der Waals surface area contributed by atoms with Crippen LogP contribution in [0.3, 0.4) is 0 Å². The van der Waals surface area contributed by atoms with Crippen LogP contribution in [-0.2, 0) is 15.1 Å². The summed E-state index contributed by atoms with van der Waals surface area (Å²) in [5, 5.41) is 3.98. The van der Waals surface area contributed by atoms with E-state index in [0.29, 0.717) is 25.4 Å². The van der Waals surface area contributed by atoms with Gasteiger partial charge in [-0.25, -0.2) is 9.78 Å². The Morgan fingerprint density at radius 1 is 1.12 bits per heavy atom. The topological polar surface area (TPSA) is 82.6 Å². The molecule has 2 aliphatic heterocycles. The highest BCUT2D eigenvalue weighted by molar-refractivity contribution is 7.18. The number of likely N-dealkylation sites (tertiary alicyclic amines) is 1. The fraction of sp³-hybridized carbons (Fsp3) is 0.385. The van der Waals surface area contributed by atoms with Crippen LogP contribution in [0.2, 0.25) is 0 Å². The Morgan fingerprint density at radius 2 is 1.82 bits per heavy atom. The van der Waals surface area contributed by atoms with Crippen LogP contribution in [0, 0.1) is 6.92 Å². The van der Waals surface area contributed by atoms with Gasteiger partial charge in [-0.3, -0.25) is 14.5 Å². The van der Waals surface area contributed by atoms with Crippen LogP contribution >= 0.6 is 11.3 Å². The normalized spacial score (nSPS) is 21.4. The molecule has 2 saturated heterocycles. The molecule has 7 nitrogen and oxygen atoms in total. The third kappa shape index (κ3) is 3.86. The number of piperidine rings is 1. The summed E-state index contributed by atoms with van der Waals surface area (Å²) in [6.07, 6.45) is 2.07. The summed E-state index contributed by atoms with van der Waals surface area (Å²) < 4.78 is 1.18. The number of aromatic nitrogens is 1. The molecule has 1 aromatic heterocycles. The Labute approximate surface area is 202 Å². The highest BCUT2D eigenvalue weighted by Crippen LogP contribution is 2.35. The zero-order chi connectivity index (χ0) is 23.9. The molecular weight excluding hydrogens is 448 g/mol. The summed E-state index contributed by atoms with van der Waals surface area (Å²) in [6, 6.07) is 15.2. The Bertz CT molecular complexity index is 1210. The molecule has 2 fully saturated rings. The zero-order valence-corrected chi connectivity index (χ0v) is 20.2. The van der Waals surface area contributed by atoms with E-state index in [2.05, 4.69) is 11.4 Å². The molecule has 34 heavy (non-hydrogen) atoms. The van der Waals surface area contributed by atoms with Crippen LogP contribution in [0.5, 0.6) is 0 Å². The standard InChI is InChI=1S/C26H28N4O3S/c1-3-26(19-10-8-17(2)9-11-19)24(32)30(25(33)28-26)16-22(31)29-14-12-18(13-15-29)23-27-20-6-4-5-7-21(20)34-23/h4-11,18H,3,12-16H2,1-2H3,(H,28,33)/t26-/m1/s1. The molecule has 0 spiro atoms. The lowest BCUT2D eigenvalue weighted by atomic mass is 9.86. The summed E-state index contributed by atoms with van der Waals surface area (Å²) in [5.41, 5.74) is 1.72. The van der Waals surface area contributed by atoms with Crippen LogP contribution < -0.4 is 5.32 Å². The number of carbonyl (C=O) groups excluding carboxylic acids is 3. The Balaban J connectivity index is 1.24. The van der Waals surface area contributed by atoms with Crippen molar-refractivity contribution in [3.63, 3.8) is 0 Å². The van der Waals surface area contributed by atoms with Crippen molar-refractivity contribution in [1.82, 2.24) is 20.1 Å². The van der Waals surface area contributed by atoms with Gasteiger partial charge in [0.05, 0.1) is 15.2 Å². The molecule has 1 N–H and O–H groups in total. The van der Waals surface area contributed by atoms with E-state index in [0.717, 1.165) is 39.4 Å². The number of benzene rings is 2. The highest BCUT2D eigenvalue weighted by Gasteiger charge is 2.51. The van der Waals surface area contributed by atoms with E-state index in [4.69, 9.17) is 4.98 Å². The maximum atomic E-state index is 13.4. The number of imide groups is 1. The van der Waals surface area contributed by atoms with Crippen molar-refractivity contribution in [3.8, 4) is 0 Å². The number of fused-ring (bicyclic) bond motifs is 1. The molecule has 2 aliphatic rings. The number of nitrogens with zero attached hydrogens (tertiary/aromatic N) is 3. The minimum atomic E-state index is -1.12. The van der Waals surface area contributed by atoms with Crippen molar-refractivity contribution in [3.05, 3.63) is 64.7 Å². The van der Waals surface area contributed by atoms with Crippen molar-refractivity contribution < 1.29 is 14.4 Å². The molecule has 3 heterocycles. The molecule has 4 amide bonds. The first-order valence-corrected chi connectivity index (χ1v) is 12.6. The fourth-order valence-electron chi connectivity index (χ4n) is 4.92. The summed E-state index contributed by atoms with van der Waals surface area (Å²) in [7, 11) is 0. The Morgan fingerprint density at radius 3 is 2.50 bits per heavy atom. The van der Waals surface area contributed by atoms with E-state index in [1.165, 1.54) is 4.70 Å². The second-order valence-electron chi connectivity index (χ2n) is 9.12. The monoisotopic (exact) mass is 476 g/mol. The maximum absolute atomic E-state index is 13.4. The minimum absolute atomic E-state index is 0.193. The third-order valence-electron chi connectivity index (χ3n) is 7.05. The predicted molar refractivity (Wildman–Crippen MR) is 132 cm³/mol. The number of aryl methyl sites for hydroxylation is 1. The van der Waals surface area contributed by atoms with Gasteiger partial charge in [-0.2, -0.15) is 0 Å². The molecule has 0 unspecified atom stereocenters. The molecule has 0 radical (unpaired) electrons. The molecule has 2 aromatic carbocycles. The number of rotatable bonds is 5. The Kier molecular flexibility index (Phi) is 5.85. The van der Waals surface area contributed by atoms with E-state index in [1.54, 1.807) is 16.2 Å². The predicted octanol–water partition coefficient (Wildman–Crippen LogP) is 4.17. The molecule has 0 bridgehead atoms. The number of hydrogen-bond acceptors (Lipinski definition) is 5. The molecule has 0 aliphatic carbocycles. The van der Waals surface area contributed by atoms with Crippen LogP contribution in [0.25, 0.3) is 10.2 Å². The average molecular weight is 477 g/mol. The van der Waals surface area contributed by atoms with Crippen molar-refractivity contribution in [1.29, 1.82) is 0 Å². The lowest BCUT2D eigenvalue weighted by Crippen LogP contribution is -2.47. The van der Waals surface area contributed by atoms with Crippen molar-refractivity contribution in [2.75, 3.05) is 19.6 Å². The highest BCUT2D eigenvalue weighted by atomic mass is 32.1. The molecule has 8 heteroatoms. The molecule has 5 rings (SSSR count). The average Bonchev–Trinajstić information content (AvgIpc) is 3.39. The lowest BCUT2D eigenvalue weighted by molar-refractivity contribution is -0.139. The van der Waals surface area contributed by atoms with Gasteiger partial charge in [0.25, 0.3) is 5.91 Å². The van der Waals surface area contributed by atoms with Gasteiger partial charge in [-0.1, -0.05) is 48.9 Å². The first kappa shape index (κ1) is 22.5. The van der Waals surface area contributed by atoms with Gasteiger partial charge in [0, 0.05) is 19.0 Å². The number of urea groups is 1. The number of thiazole rings is 1. The third-order valence-corrected chi connectivity index (χ3v) is 8.25. The SMILES string of the molecule is CC[C@]1(c2ccc(C)cc2)NC(=O)N(CC(=O)N2CCC(c3nc4ccccc4s3)CC2)C1=O.